The summed E-state index contributed by atoms with van der Waals surface area (Å²) in [5.74, 6) is 0.489. The van der Waals surface area contributed by atoms with E-state index in [2.05, 4.69) is 20.6 Å². The van der Waals surface area contributed by atoms with Gasteiger partial charge in [-0.3, -0.25) is 4.79 Å². The lowest BCUT2D eigenvalue weighted by Crippen LogP contribution is -2.34. The number of esters is 1. The first-order valence-electron chi connectivity index (χ1n) is 14.7. The normalized spacial score (nSPS) is 17.4. The van der Waals surface area contributed by atoms with Crippen LogP contribution >= 0.6 is 11.6 Å². The molecule has 0 saturated heterocycles. The van der Waals surface area contributed by atoms with E-state index < -0.39 is 17.5 Å². The molecular weight excluding hydrogens is 591 g/mol. The van der Waals surface area contributed by atoms with Gasteiger partial charge in [0, 0.05) is 18.0 Å². The molecule has 0 bridgehead atoms. The number of carbonyl (C=O) groups excluding carboxylic acids is 2. The van der Waals surface area contributed by atoms with Crippen molar-refractivity contribution in [1.82, 2.24) is 15.3 Å². The van der Waals surface area contributed by atoms with Crippen molar-refractivity contribution in [2.24, 2.45) is 11.8 Å². The second-order valence-corrected chi connectivity index (χ2v) is 12.2. The number of benzene rings is 2. The molecule has 0 radical (unpaired) electrons. The van der Waals surface area contributed by atoms with E-state index in [1.165, 1.54) is 19.5 Å². The van der Waals surface area contributed by atoms with Gasteiger partial charge in [-0.15, -0.1) is 0 Å². The number of anilines is 2. The molecule has 4 rings (SSSR count). The lowest BCUT2D eigenvalue weighted by molar-refractivity contribution is -0.148. The minimum atomic E-state index is -0.577. The zero-order valence-electron chi connectivity index (χ0n) is 25.7. The molecule has 1 aliphatic rings. The highest BCUT2D eigenvalue weighted by molar-refractivity contribution is 6.31. The Kier molecular flexibility index (Phi) is 11.1. The molecule has 2 aromatic carbocycles. The Morgan fingerprint density at radius 1 is 1.09 bits per heavy atom. The molecule has 1 atom stereocenters. The van der Waals surface area contributed by atoms with Gasteiger partial charge < -0.3 is 29.6 Å². The zero-order valence-corrected chi connectivity index (χ0v) is 26.5. The van der Waals surface area contributed by atoms with Gasteiger partial charge in [-0.05, 0) is 83.4 Å². The number of carbonyl (C=O) groups is 2. The zero-order chi connectivity index (χ0) is 31.9. The van der Waals surface area contributed by atoms with E-state index in [0.29, 0.717) is 47.6 Å². The van der Waals surface area contributed by atoms with Crippen molar-refractivity contribution in [3.05, 3.63) is 47.5 Å². The van der Waals surface area contributed by atoms with E-state index in [9.17, 15) is 14.0 Å². The van der Waals surface area contributed by atoms with Gasteiger partial charge in [0.05, 0.1) is 42.5 Å². The fraction of sp³-hybridized carbons (Fsp3) is 0.500. The predicted molar refractivity (Wildman–Crippen MR) is 166 cm³/mol. The molecule has 3 aromatic rings. The number of halogens is 2. The van der Waals surface area contributed by atoms with Crippen molar-refractivity contribution in [3.63, 3.8) is 0 Å². The lowest BCUT2D eigenvalue weighted by Gasteiger charge is -2.33. The molecule has 44 heavy (non-hydrogen) atoms. The summed E-state index contributed by atoms with van der Waals surface area (Å²) >= 11 is 5.96. The number of aromatic nitrogens is 2. The van der Waals surface area contributed by atoms with E-state index in [1.54, 1.807) is 31.4 Å². The third-order valence-electron chi connectivity index (χ3n) is 7.57. The van der Waals surface area contributed by atoms with Crippen LogP contribution in [-0.4, -0.2) is 54.5 Å². The van der Waals surface area contributed by atoms with E-state index >= 15 is 0 Å². The molecule has 1 aromatic heterocycles. The molecule has 0 unspecified atom stereocenters. The molecule has 2 N–H and O–H groups in total. The van der Waals surface area contributed by atoms with Crippen LogP contribution in [-0.2, 0) is 14.3 Å². The Balaban J connectivity index is 1.40. The number of rotatable bonds is 11. The van der Waals surface area contributed by atoms with Crippen LogP contribution in [0, 0.1) is 17.7 Å². The van der Waals surface area contributed by atoms with E-state index in [1.807, 2.05) is 20.8 Å². The van der Waals surface area contributed by atoms with Crippen LogP contribution in [0.5, 0.6) is 11.5 Å². The van der Waals surface area contributed by atoms with Gasteiger partial charge in [-0.25, -0.2) is 19.2 Å². The summed E-state index contributed by atoms with van der Waals surface area (Å²) < 4.78 is 37.0. The first-order chi connectivity index (χ1) is 21.0. The second kappa shape index (κ2) is 14.7. The SMILES string of the molecule is COC(=O)[C@H](CCCNC(=O)OC(C)(C)C)C1CCC(Oc2cc3c(Nc4cccc(Cl)c4F)ncnc3cc2OC)CC1. The maximum Gasteiger partial charge on any atom is 0.407 e. The van der Waals surface area contributed by atoms with Gasteiger partial charge in [-0.1, -0.05) is 17.7 Å². The van der Waals surface area contributed by atoms with Crippen LogP contribution < -0.4 is 20.1 Å². The molecule has 1 aliphatic carbocycles. The minimum Gasteiger partial charge on any atom is -0.493 e. The molecule has 1 heterocycles. The van der Waals surface area contributed by atoms with Crippen molar-refractivity contribution < 1.29 is 32.9 Å². The molecule has 1 fully saturated rings. The van der Waals surface area contributed by atoms with E-state index in [4.69, 9.17) is 30.5 Å². The average Bonchev–Trinajstić information content (AvgIpc) is 2.98. The smallest absolute Gasteiger partial charge is 0.407 e. The standard InChI is InChI=1S/C32H40ClFN4O6/c1-32(2,3)44-31(40)35-15-7-8-21(30(39)42-5)19-11-13-20(14-12-19)43-27-16-22-25(17-26(27)41-4)36-18-37-29(22)38-24-10-6-9-23(33)28(24)34/h6,9-10,16-21H,7-8,11-15H2,1-5H3,(H,35,40)(H,36,37,38)/t19?,20?,21-/m1/s1. The highest BCUT2D eigenvalue weighted by Crippen LogP contribution is 2.39. The summed E-state index contributed by atoms with van der Waals surface area (Å²) in [6.07, 6.45) is 5.07. The summed E-state index contributed by atoms with van der Waals surface area (Å²) in [6, 6.07) is 8.25. The Morgan fingerprint density at radius 2 is 1.84 bits per heavy atom. The maximum absolute atomic E-state index is 14.6. The molecular formula is C32H40ClFN4O6. The molecule has 0 spiro atoms. The third-order valence-corrected chi connectivity index (χ3v) is 7.86. The fourth-order valence-electron chi connectivity index (χ4n) is 5.46. The van der Waals surface area contributed by atoms with Gasteiger partial charge in [0.15, 0.2) is 17.3 Å². The lowest BCUT2D eigenvalue weighted by atomic mass is 9.77. The number of amides is 1. The van der Waals surface area contributed by atoms with Crippen LogP contribution in [0.25, 0.3) is 10.9 Å². The predicted octanol–water partition coefficient (Wildman–Crippen LogP) is 7.21. The monoisotopic (exact) mass is 630 g/mol. The van der Waals surface area contributed by atoms with Gasteiger partial charge in [0.1, 0.15) is 17.7 Å². The van der Waals surface area contributed by atoms with Crippen LogP contribution in [0.15, 0.2) is 36.7 Å². The topological polar surface area (TPSA) is 121 Å². The molecule has 1 saturated carbocycles. The highest BCUT2D eigenvalue weighted by atomic mass is 35.5. The largest absolute Gasteiger partial charge is 0.493 e. The minimum absolute atomic E-state index is 0.00145. The summed E-state index contributed by atoms with van der Waals surface area (Å²) in [6.45, 7) is 5.84. The molecule has 238 valence electrons. The van der Waals surface area contributed by atoms with Crippen LogP contribution in [0.4, 0.5) is 20.7 Å². The third kappa shape index (κ3) is 8.62. The van der Waals surface area contributed by atoms with Gasteiger partial charge in [0.25, 0.3) is 0 Å². The Morgan fingerprint density at radius 3 is 2.52 bits per heavy atom. The molecule has 10 nitrogen and oxygen atoms in total. The molecule has 0 aliphatic heterocycles. The van der Waals surface area contributed by atoms with Crippen LogP contribution in [0.2, 0.25) is 5.02 Å². The van der Waals surface area contributed by atoms with Gasteiger partial charge in [-0.2, -0.15) is 0 Å². The summed E-state index contributed by atoms with van der Waals surface area (Å²) in [7, 11) is 2.97. The number of hydrogen-bond acceptors (Lipinski definition) is 9. The molecule has 1 amide bonds. The van der Waals surface area contributed by atoms with Crippen LogP contribution in [0.3, 0.4) is 0 Å². The second-order valence-electron chi connectivity index (χ2n) is 11.8. The van der Waals surface area contributed by atoms with Gasteiger partial charge in [0.2, 0.25) is 0 Å². The Hall–Kier alpha value is -3.86. The van der Waals surface area contributed by atoms with Crippen molar-refractivity contribution in [3.8, 4) is 11.5 Å². The fourth-order valence-corrected chi connectivity index (χ4v) is 5.63. The number of nitrogens with one attached hydrogen (secondary N) is 2. The summed E-state index contributed by atoms with van der Waals surface area (Å²) in [5.41, 5.74) is 0.217. The number of ether oxygens (including phenoxy) is 4. The Labute approximate surface area is 262 Å². The van der Waals surface area contributed by atoms with Gasteiger partial charge >= 0.3 is 12.1 Å². The first kappa shape index (κ1) is 33.0. The van der Waals surface area contributed by atoms with Crippen molar-refractivity contribution in [2.45, 2.75) is 71.0 Å². The highest BCUT2D eigenvalue weighted by Gasteiger charge is 2.33. The Bertz CT molecular complexity index is 1460. The number of nitrogens with zero attached hydrogens (tertiary/aromatic N) is 2. The quantitative estimate of drug-likeness (QED) is 0.167. The maximum atomic E-state index is 14.6. The van der Waals surface area contributed by atoms with Crippen molar-refractivity contribution in [2.75, 3.05) is 26.1 Å². The summed E-state index contributed by atoms with van der Waals surface area (Å²) in [4.78, 5) is 33.3. The van der Waals surface area contributed by atoms with E-state index in [-0.39, 0.29) is 34.6 Å². The van der Waals surface area contributed by atoms with Crippen molar-refractivity contribution >= 4 is 46.1 Å². The first-order valence-corrected chi connectivity index (χ1v) is 15.1. The summed E-state index contributed by atoms with van der Waals surface area (Å²) in [5, 5.41) is 6.39. The van der Waals surface area contributed by atoms with Crippen LogP contribution in [0.1, 0.15) is 59.3 Å². The number of fused-ring (bicyclic) bond motifs is 1. The molecule has 12 heteroatoms. The van der Waals surface area contributed by atoms with Crippen molar-refractivity contribution in [1.29, 1.82) is 0 Å². The number of hydrogen-bond donors (Lipinski definition) is 2. The van der Waals surface area contributed by atoms with E-state index in [0.717, 1.165) is 25.7 Å². The number of alkyl carbamates (subject to hydrolysis) is 1. The number of methoxy groups -OCH3 is 2. The average molecular weight is 631 g/mol.